The maximum atomic E-state index is 6.10. The van der Waals surface area contributed by atoms with Crippen LogP contribution in [-0.4, -0.2) is 36.1 Å². The number of piperazine rings is 1. The number of nitrogens with zero attached hydrogens (tertiary/aromatic N) is 2. The Hall–Kier alpha value is -1.97. The van der Waals surface area contributed by atoms with E-state index in [0.717, 1.165) is 37.7 Å². The minimum atomic E-state index is 0.809. The SMILES string of the molecule is Clc1cccc(N2CCN(Cc3c[nH]c4ccccc34)CC2)c1. The number of rotatable bonds is 3. The number of fused-ring (bicyclic) bond motifs is 1. The minimum absolute atomic E-state index is 0.809. The molecular weight excluding hydrogens is 306 g/mol. The van der Waals surface area contributed by atoms with Gasteiger partial charge in [-0.15, -0.1) is 0 Å². The molecule has 1 saturated heterocycles. The second-order valence-corrected chi connectivity index (χ2v) is 6.54. The molecule has 3 nitrogen and oxygen atoms in total. The predicted molar refractivity (Wildman–Crippen MR) is 97.2 cm³/mol. The van der Waals surface area contributed by atoms with Crippen molar-refractivity contribution in [1.29, 1.82) is 0 Å². The molecule has 118 valence electrons. The first-order valence-electron chi connectivity index (χ1n) is 8.07. The van der Waals surface area contributed by atoms with Crippen molar-refractivity contribution in [3.8, 4) is 0 Å². The van der Waals surface area contributed by atoms with Crippen LogP contribution in [0, 0.1) is 0 Å². The van der Waals surface area contributed by atoms with E-state index in [-0.39, 0.29) is 0 Å². The fraction of sp³-hybridized carbons (Fsp3) is 0.263. The van der Waals surface area contributed by atoms with Gasteiger partial charge in [0.25, 0.3) is 0 Å². The molecule has 0 aliphatic carbocycles. The summed E-state index contributed by atoms with van der Waals surface area (Å²) >= 11 is 6.10. The molecule has 2 aromatic carbocycles. The number of para-hydroxylation sites is 1. The van der Waals surface area contributed by atoms with E-state index < -0.39 is 0 Å². The maximum absolute atomic E-state index is 6.10. The van der Waals surface area contributed by atoms with Gasteiger partial charge in [0.2, 0.25) is 0 Å². The molecule has 2 heterocycles. The third-order valence-electron chi connectivity index (χ3n) is 4.61. The standard InChI is InChI=1S/C19H20ClN3/c20-16-4-3-5-17(12-16)23-10-8-22(9-11-23)14-15-13-21-19-7-2-1-6-18(15)19/h1-7,12-13,21H,8-11,14H2. The number of aromatic amines is 1. The molecule has 23 heavy (non-hydrogen) atoms. The molecule has 0 spiro atoms. The summed E-state index contributed by atoms with van der Waals surface area (Å²) in [5, 5.41) is 2.15. The van der Waals surface area contributed by atoms with Gasteiger partial charge in [0.15, 0.2) is 0 Å². The Morgan fingerprint density at radius 2 is 1.78 bits per heavy atom. The van der Waals surface area contributed by atoms with Gasteiger partial charge in [-0.05, 0) is 29.8 Å². The Balaban J connectivity index is 1.42. The van der Waals surface area contributed by atoms with Gasteiger partial charge in [-0.2, -0.15) is 0 Å². The molecule has 1 fully saturated rings. The smallest absolute Gasteiger partial charge is 0.0457 e. The van der Waals surface area contributed by atoms with Gasteiger partial charge in [-0.25, -0.2) is 0 Å². The normalized spacial score (nSPS) is 16.1. The molecule has 0 amide bonds. The van der Waals surface area contributed by atoms with E-state index in [0.29, 0.717) is 0 Å². The van der Waals surface area contributed by atoms with Crippen LogP contribution in [0.25, 0.3) is 10.9 Å². The Kier molecular flexibility index (Phi) is 3.98. The van der Waals surface area contributed by atoms with Crippen molar-refractivity contribution in [3.63, 3.8) is 0 Å². The first-order valence-corrected chi connectivity index (χ1v) is 8.45. The second-order valence-electron chi connectivity index (χ2n) is 6.10. The molecule has 0 bridgehead atoms. The third-order valence-corrected chi connectivity index (χ3v) is 4.85. The maximum Gasteiger partial charge on any atom is 0.0457 e. The molecule has 3 aromatic rings. The van der Waals surface area contributed by atoms with Crippen LogP contribution in [0.5, 0.6) is 0 Å². The van der Waals surface area contributed by atoms with E-state index in [1.54, 1.807) is 0 Å². The van der Waals surface area contributed by atoms with Crippen LogP contribution in [-0.2, 0) is 6.54 Å². The van der Waals surface area contributed by atoms with Crippen LogP contribution >= 0.6 is 11.6 Å². The van der Waals surface area contributed by atoms with Gasteiger partial charge in [0, 0.05) is 60.5 Å². The fourth-order valence-electron chi connectivity index (χ4n) is 3.34. The zero-order valence-corrected chi connectivity index (χ0v) is 13.8. The van der Waals surface area contributed by atoms with E-state index in [1.165, 1.54) is 22.2 Å². The lowest BCUT2D eigenvalue weighted by Gasteiger charge is -2.36. The highest BCUT2D eigenvalue weighted by Gasteiger charge is 2.18. The lowest BCUT2D eigenvalue weighted by molar-refractivity contribution is 0.250. The van der Waals surface area contributed by atoms with Crippen LogP contribution < -0.4 is 4.90 Å². The monoisotopic (exact) mass is 325 g/mol. The zero-order valence-electron chi connectivity index (χ0n) is 13.0. The zero-order chi connectivity index (χ0) is 15.6. The molecule has 4 rings (SSSR count). The molecule has 4 heteroatoms. The second kappa shape index (κ2) is 6.26. The summed E-state index contributed by atoms with van der Waals surface area (Å²) in [5.74, 6) is 0. The van der Waals surface area contributed by atoms with E-state index in [2.05, 4.69) is 57.4 Å². The van der Waals surface area contributed by atoms with Gasteiger partial charge < -0.3 is 9.88 Å². The predicted octanol–water partition coefficient (Wildman–Crippen LogP) is 4.14. The number of halogens is 1. The van der Waals surface area contributed by atoms with Crippen molar-refractivity contribution in [2.45, 2.75) is 6.54 Å². The number of anilines is 1. The third kappa shape index (κ3) is 3.07. The Bertz CT molecular complexity index is 803. The van der Waals surface area contributed by atoms with Crippen LogP contribution in [0.4, 0.5) is 5.69 Å². The van der Waals surface area contributed by atoms with Gasteiger partial charge in [-0.3, -0.25) is 4.90 Å². The Morgan fingerprint density at radius 1 is 0.957 bits per heavy atom. The number of H-pyrrole nitrogens is 1. The van der Waals surface area contributed by atoms with Gasteiger partial charge in [0.05, 0.1) is 0 Å². The summed E-state index contributed by atoms with van der Waals surface area (Å²) in [6.45, 7) is 5.25. The molecule has 1 N–H and O–H groups in total. The van der Waals surface area contributed by atoms with Crippen molar-refractivity contribution in [1.82, 2.24) is 9.88 Å². The highest BCUT2D eigenvalue weighted by molar-refractivity contribution is 6.30. The largest absolute Gasteiger partial charge is 0.369 e. The highest BCUT2D eigenvalue weighted by Crippen LogP contribution is 2.23. The molecule has 0 saturated carbocycles. The lowest BCUT2D eigenvalue weighted by atomic mass is 10.1. The summed E-state index contributed by atoms with van der Waals surface area (Å²) in [6.07, 6.45) is 2.15. The molecule has 0 atom stereocenters. The van der Waals surface area contributed by atoms with E-state index >= 15 is 0 Å². The number of benzene rings is 2. The fourth-order valence-corrected chi connectivity index (χ4v) is 3.52. The Labute approximate surface area is 141 Å². The van der Waals surface area contributed by atoms with Gasteiger partial charge in [0.1, 0.15) is 0 Å². The van der Waals surface area contributed by atoms with Gasteiger partial charge >= 0.3 is 0 Å². The van der Waals surface area contributed by atoms with Crippen LogP contribution in [0.3, 0.4) is 0 Å². The number of hydrogen-bond donors (Lipinski definition) is 1. The van der Waals surface area contributed by atoms with Crippen molar-refractivity contribution in [2.24, 2.45) is 0 Å². The molecule has 1 aromatic heterocycles. The molecule has 1 aliphatic heterocycles. The van der Waals surface area contributed by atoms with E-state index in [9.17, 15) is 0 Å². The van der Waals surface area contributed by atoms with Crippen LogP contribution in [0.2, 0.25) is 5.02 Å². The van der Waals surface area contributed by atoms with E-state index in [1.807, 2.05) is 12.1 Å². The summed E-state index contributed by atoms with van der Waals surface area (Å²) in [5.41, 5.74) is 3.83. The molecule has 0 unspecified atom stereocenters. The highest BCUT2D eigenvalue weighted by atomic mass is 35.5. The molecular formula is C19H20ClN3. The lowest BCUT2D eigenvalue weighted by Crippen LogP contribution is -2.45. The van der Waals surface area contributed by atoms with Crippen molar-refractivity contribution in [2.75, 3.05) is 31.1 Å². The van der Waals surface area contributed by atoms with Crippen molar-refractivity contribution >= 4 is 28.2 Å². The average molecular weight is 326 g/mol. The number of nitrogens with one attached hydrogen (secondary N) is 1. The first kappa shape index (κ1) is 14.6. The van der Waals surface area contributed by atoms with Crippen molar-refractivity contribution in [3.05, 3.63) is 65.3 Å². The van der Waals surface area contributed by atoms with E-state index in [4.69, 9.17) is 11.6 Å². The Morgan fingerprint density at radius 3 is 2.61 bits per heavy atom. The molecule has 1 aliphatic rings. The van der Waals surface area contributed by atoms with Crippen LogP contribution in [0.1, 0.15) is 5.56 Å². The number of aromatic nitrogens is 1. The number of hydrogen-bond acceptors (Lipinski definition) is 2. The van der Waals surface area contributed by atoms with Gasteiger partial charge in [-0.1, -0.05) is 35.9 Å². The summed E-state index contributed by atoms with van der Waals surface area (Å²) in [7, 11) is 0. The average Bonchev–Trinajstić information content (AvgIpc) is 2.99. The summed E-state index contributed by atoms with van der Waals surface area (Å²) in [4.78, 5) is 8.31. The molecule has 0 radical (unpaired) electrons. The summed E-state index contributed by atoms with van der Waals surface area (Å²) < 4.78 is 0. The quantitative estimate of drug-likeness (QED) is 0.781. The topological polar surface area (TPSA) is 22.3 Å². The van der Waals surface area contributed by atoms with Crippen molar-refractivity contribution < 1.29 is 0 Å². The summed E-state index contributed by atoms with van der Waals surface area (Å²) in [6, 6.07) is 16.7. The first-order chi connectivity index (χ1) is 11.3. The minimum Gasteiger partial charge on any atom is -0.369 e. The van der Waals surface area contributed by atoms with Crippen LogP contribution in [0.15, 0.2) is 54.7 Å².